The maximum absolute atomic E-state index is 9.49. The molecule has 0 spiro atoms. The van der Waals surface area contributed by atoms with Crippen LogP contribution in [0.2, 0.25) is 0 Å². The minimum Gasteiger partial charge on any atom is -0.311 e. The third-order valence-electron chi connectivity index (χ3n) is 10.3. The van der Waals surface area contributed by atoms with Crippen LogP contribution in [-0.4, -0.2) is 0 Å². The SMILES string of the molecule is CC1(C)c2cc(/C=C/c3ccc(N(c4ccccc4)c4ccccc4)cc3)ccc2-c2ccc(N(C3=CCC(C#N)C=C3)c3ccc(C#N)cc3)cc21. The van der Waals surface area contributed by atoms with Crippen molar-refractivity contribution in [3.05, 3.63) is 197 Å². The lowest BCUT2D eigenvalue weighted by atomic mass is 9.81. The van der Waals surface area contributed by atoms with Crippen LogP contribution in [0.15, 0.2) is 170 Å². The lowest BCUT2D eigenvalue weighted by Crippen LogP contribution is -2.19. The van der Waals surface area contributed by atoms with Gasteiger partial charge in [-0.15, -0.1) is 0 Å². The van der Waals surface area contributed by atoms with Crippen LogP contribution in [0, 0.1) is 28.6 Å². The minimum atomic E-state index is -0.219. The van der Waals surface area contributed by atoms with E-state index in [1.54, 1.807) is 0 Å². The molecule has 4 nitrogen and oxygen atoms in total. The molecular formula is C49H38N4. The summed E-state index contributed by atoms with van der Waals surface area (Å²) in [5, 5.41) is 18.9. The molecule has 0 bridgehead atoms. The molecule has 0 saturated heterocycles. The molecule has 0 amide bonds. The van der Waals surface area contributed by atoms with Gasteiger partial charge in [0.1, 0.15) is 0 Å². The molecule has 0 N–H and O–H groups in total. The van der Waals surface area contributed by atoms with Crippen LogP contribution in [0.5, 0.6) is 0 Å². The number of rotatable bonds is 8. The van der Waals surface area contributed by atoms with E-state index in [-0.39, 0.29) is 11.3 Å². The maximum atomic E-state index is 9.49. The van der Waals surface area contributed by atoms with E-state index in [0.717, 1.165) is 45.3 Å². The van der Waals surface area contributed by atoms with Crippen LogP contribution in [0.4, 0.5) is 28.4 Å². The second-order valence-electron chi connectivity index (χ2n) is 14.0. The average Bonchev–Trinajstić information content (AvgIpc) is 3.44. The summed E-state index contributed by atoms with van der Waals surface area (Å²) >= 11 is 0. The highest BCUT2D eigenvalue weighted by atomic mass is 15.1. The van der Waals surface area contributed by atoms with E-state index < -0.39 is 0 Å². The summed E-state index contributed by atoms with van der Waals surface area (Å²) in [7, 11) is 0. The topological polar surface area (TPSA) is 54.1 Å². The van der Waals surface area contributed by atoms with E-state index in [1.165, 1.54) is 22.3 Å². The summed E-state index contributed by atoms with van der Waals surface area (Å²) in [5.74, 6) is -0.123. The van der Waals surface area contributed by atoms with Crippen molar-refractivity contribution >= 4 is 40.6 Å². The van der Waals surface area contributed by atoms with Crippen LogP contribution >= 0.6 is 0 Å². The normalized spacial score (nSPS) is 15.2. The molecule has 6 aromatic carbocycles. The first-order valence-corrected chi connectivity index (χ1v) is 18.0. The summed E-state index contributed by atoms with van der Waals surface area (Å²) in [6, 6.07) is 55.5. The van der Waals surface area contributed by atoms with Gasteiger partial charge in [0.25, 0.3) is 0 Å². The first-order valence-electron chi connectivity index (χ1n) is 18.0. The number of allylic oxidation sites excluding steroid dienone is 3. The Morgan fingerprint density at radius 3 is 1.72 bits per heavy atom. The van der Waals surface area contributed by atoms with Gasteiger partial charge < -0.3 is 9.80 Å². The van der Waals surface area contributed by atoms with E-state index in [9.17, 15) is 10.5 Å². The Morgan fingerprint density at radius 1 is 0.585 bits per heavy atom. The van der Waals surface area contributed by atoms with E-state index in [0.29, 0.717) is 12.0 Å². The fourth-order valence-electron chi connectivity index (χ4n) is 7.52. The van der Waals surface area contributed by atoms with Crippen LogP contribution < -0.4 is 9.80 Å². The van der Waals surface area contributed by atoms with Gasteiger partial charge in [0, 0.05) is 39.5 Å². The molecule has 4 heteroatoms. The predicted molar refractivity (Wildman–Crippen MR) is 218 cm³/mol. The van der Waals surface area contributed by atoms with E-state index in [1.807, 2.05) is 48.6 Å². The van der Waals surface area contributed by atoms with Crippen molar-refractivity contribution in [2.45, 2.75) is 25.7 Å². The molecule has 2 aliphatic rings. The minimum absolute atomic E-state index is 0.123. The Labute approximate surface area is 312 Å². The number of para-hydroxylation sites is 2. The number of anilines is 5. The molecule has 0 saturated carbocycles. The summed E-state index contributed by atoms with van der Waals surface area (Å²) in [6.45, 7) is 4.62. The second kappa shape index (κ2) is 14.0. The van der Waals surface area contributed by atoms with E-state index >= 15 is 0 Å². The van der Waals surface area contributed by atoms with Crippen LogP contribution in [-0.2, 0) is 5.41 Å². The van der Waals surface area contributed by atoms with Gasteiger partial charge in [0.2, 0.25) is 0 Å². The number of benzene rings is 6. The van der Waals surface area contributed by atoms with E-state index in [2.05, 4.69) is 163 Å². The molecule has 53 heavy (non-hydrogen) atoms. The van der Waals surface area contributed by atoms with Crippen molar-refractivity contribution in [2.24, 2.45) is 5.92 Å². The average molecular weight is 683 g/mol. The Morgan fingerprint density at radius 2 is 1.11 bits per heavy atom. The summed E-state index contributed by atoms with van der Waals surface area (Å²) in [4.78, 5) is 4.50. The quantitative estimate of drug-likeness (QED) is 0.150. The van der Waals surface area contributed by atoms with Crippen molar-refractivity contribution in [3.8, 4) is 23.3 Å². The molecule has 6 aromatic rings. The van der Waals surface area contributed by atoms with Gasteiger partial charge in [-0.05, 0) is 119 Å². The molecule has 0 aromatic heterocycles. The number of hydrogen-bond donors (Lipinski definition) is 0. The lowest BCUT2D eigenvalue weighted by molar-refractivity contribution is 0.660. The van der Waals surface area contributed by atoms with Gasteiger partial charge in [-0.1, -0.05) is 111 Å². The smallest absolute Gasteiger partial charge is 0.0991 e. The van der Waals surface area contributed by atoms with Crippen molar-refractivity contribution in [1.29, 1.82) is 10.5 Å². The molecule has 0 radical (unpaired) electrons. The molecule has 0 heterocycles. The molecule has 0 fully saturated rings. The Balaban J connectivity index is 1.07. The molecular weight excluding hydrogens is 645 g/mol. The largest absolute Gasteiger partial charge is 0.311 e. The van der Waals surface area contributed by atoms with Crippen molar-refractivity contribution in [3.63, 3.8) is 0 Å². The van der Waals surface area contributed by atoms with E-state index in [4.69, 9.17) is 0 Å². The van der Waals surface area contributed by atoms with Gasteiger partial charge in [-0.25, -0.2) is 0 Å². The second-order valence-corrected chi connectivity index (χ2v) is 14.0. The third-order valence-corrected chi connectivity index (χ3v) is 10.3. The predicted octanol–water partition coefficient (Wildman–Crippen LogP) is 12.6. The highest BCUT2D eigenvalue weighted by Crippen LogP contribution is 2.51. The molecule has 254 valence electrons. The zero-order valence-corrected chi connectivity index (χ0v) is 29.8. The highest BCUT2D eigenvalue weighted by Gasteiger charge is 2.36. The van der Waals surface area contributed by atoms with Gasteiger partial charge in [0.05, 0.1) is 23.6 Å². The zero-order chi connectivity index (χ0) is 36.4. The van der Waals surface area contributed by atoms with Gasteiger partial charge in [-0.3, -0.25) is 0 Å². The van der Waals surface area contributed by atoms with Crippen LogP contribution in [0.1, 0.15) is 48.1 Å². The number of hydrogen-bond acceptors (Lipinski definition) is 4. The first-order chi connectivity index (χ1) is 25.9. The standard InChI is InChI=1S/C49H38N4/c1-49(2)47-31-36(14-13-35-15-22-41(23-16-35)52(39-9-5-3-6-10-39)40-11-7-4-8-12-40)21-29-45(47)46-30-28-44(32-48(46)49)53(42-24-17-37(33-50)18-25-42)43-26-19-38(34-51)20-27-43/h3-19,21-32,38H,20H2,1-2H3/b14-13+. The highest BCUT2D eigenvalue weighted by molar-refractivity contribution is 5.86. The summed E-state index contributed by atoms with van der Waals surface area (Å²) < 4.78 is 0. The molecule has 8 rings (SSSR count). The van der Waals surface area contributed by atoms with Crippen LogP contribution in [0.25, 0.3) is 23.3 Å². The molecule has 1 unspecified atom stereocenters. The van der Waals surface area contributed by atoms with Gasteiger partial charge in [-0.2, -0.15) is 10.5 Å². The molecule has 1 atom stereocenters. The Bertz CT molecular complexity index is 2420. The fourth-order valence-corrected chi connectivity index (χ4v) is 7.52. The first kappa shape index (κ1) is 33.3. The van der Waals surface area contributed by atoms with Crippen molar-refractivity contribution < 1.29 is 0 Å². The maximum Gasteiger partial charge on any atom is 0.0991 e. The number of nitrogens with zero attached hydrogens (tertiary/aromatic N) is 4. The summed E-state index contributed by atoms with van der Waals surface area (Å²) in [6.07, 6.45) is 11.2. The van der Waals surface area contributed by atoms with Crippen molar-refractivity contribution in [1.82, 2.24) is 0 Å². The van der Waals surface area contributed by atoms with Crippen molar-refractivity contribution in [2.75, 3.05) is 9.80 Å². The van der Waals surface area contributed by atoms with Gasteiger partial charge in [0.15, 0.2) is 0 Å². The lowest BCUT2D eigenvalue weighted by Gasteiger charge is -2.30. The van der Waals surface area contributed by atoms with Gasteiger partial charge >= 0.3 is 0 Å². The fraction of sp³-hybridized carbons (Fsp3) is 0.102. The summed E-state index contributed by atoms with van der Waals surface area (Å²) in [5.41, 5.74) is 14.2. The molecule has 0 aliphatic heterocycles. The monoisotopic (exact) mass is 682 g/mol. The number of fused-ring (bicyclic) bond motifs is 3. The number of nitriles is 2. The third kappa shape index (κ3) is 6.44. The Kier molecular flexibility index (Phi) is 8.81. The Hall–Kier alpha value is -6.88. The van der Waals surface area contributed by atoms with Crippen LogP contribution in [0.3, 0.4) is 0 Å². The molecule has 2 aliphatic carbocycles. The zero-order valence-electron chi connectivity index (χ0n) is 29.8.